The van der Waals surface area contributed by atoms with E-state index in [0.717, 1.165) is 24.3 Å². The summed E-state index contributed by atoms with van der Waals surface area (Å²) in [6.07, 6.45) is 0.886. The van der Waals surface area contributed by atoms with Gasteiger partial charge in [-0.1, -0.05) is 23.2 Å². The molecule has 0 bridgehead atoms. The fourth-order valence-corrected chi connectivity index (χ4v) is 4.38. The van der Waals surface area contributed by atoms with Crippen LogP contribution in [0.25, 0.3) is 0 Å². The van der Waals surface area contributed by atoms with Gasteiger partial charge in [0.25, 0.3) is 5.91 Å². The summed E-state index contributed by atoms with van der Waals surface area (Å²) < 4.78 is 13.7. The minimum absolute atomic E-state index is 0.316. The smallest absolute Gasteiger partial charge is 0.257 e. The van der Waals surface area contributed by atoms with Gasteiger partial charge >= 0.3 is 0 Å². The molecule has 2 N–H and O–H groups in total. The van der Waals surface area contributed by atoms with Crippen molar-refractivity contribution in [2.75, 3.05) is 34.3 Å². The first-order chi connectivity index (χ1) is 12.0. The van der Waals surface area contributed by atoms with Crippen LogP contribution in [0.1, 0.15) is 16.8 Å². The molecular weight excluding hydrogens is 381 g/mol. The van der Waals surface area contributed by atoms with Gasteiger partial charge in [-0.05, 0) is 42.8 Å². The van der Waals surface area contributed by atoms with Crippen molar-refractivity contribution in [3.05, 3.63) is 52.0 Å². The Morgan fingerprint density at radius 3 is 2.60 bits per heavy atom. The van der Waals surface area contributed by atoms with E-state index in [0.29, 0.717) is 27.0 Å². The Balaban J connectivity index is 1.79. The second-order valence-corrected chi connectivity index (χ2v) is 7.85. The van der Waals surface area contributed by atoms with Crippen LogP contribution in [0.5, 0.6) is 0 Å². The maximum absolute atomic E-state index is 12.5. The van der Waals surface area contributed by atoms with E-state index in [1.54, 1.807) is 47.8 Å². The highest BCUT2D eigenvalue weighted by molar-refractivity contribution is 7.86. The zero-order chi connectivity index (χ0) is 18.0. The summed E-state index contributed by atoms with van der Waals surface area (Å²) in [5.74, 6) is 0.341. The third kappa shape index (κ3) is 3.92. The van der Waals surface area contributed by atoms with Crippen LogP contribution in [0.4, 0.5) is 17.1 Å². The number of hydrogen-bond acceptors (Lipinski definition) is 3. The lowest BCUT2D eigenvalue weighted by Gasteiger charge is -2.17. The van der Waals surface area contributed by atoms with Gasteiger partial charge < -0.3 is 10.6 Å². The molecule has 8 heteroatoms. The van der Waals surface area contributed by atoms with Gasteiger partial charge in [0.2, 0.25) is 0 Å². The van der Waals surface area contributed by atoms with Crippen molar-refractivity contribution in [1.29, 1.82) is 0 Å². The fraction of sp³-hybridized carbons (Fsp3) is 0.235. The lowest BCUT2D eigenvalue weighted by atomic mass is 10.1. The largest absolute Gasteiger partial charge is 0.387 e. The second-order valence-electron chi connectivity index (χ2n) is 5.54. The minimum atomic E-state index is -1.02. The average Bonchev–Trinajstić information content (AvgIpc) is 3.02. The molecule has 1 aliphatic rings. The van der Waals surface area contributed by atoms with Gasteiger partial charge in [0.05, 0.1) is 27.0 Å². The molecule has 0 spiro atoms. The van der Waals surface area contributed by atoms with Gasteiger partial charge in [-0.2, -0.15) is 0 Å². The molecule has 3 rings (SSSR count). The number of carbonyl (C=O) groups is 1. The molecule has 0 aromatic heterocycles. The number of hydrogen-bond donors (Lipinski definition) is 2. The Bertz CT molecular complexity index is 845. The van der Waals surface area contributed by atoms with Gasteiger partial charge in [-0.3, -0.25) is 9.10 Å². The first-order valence-corrected chi connectivity index (χ1v) is 9.77. The molecule has 1 fully saturated rings. The molecule has 0 radical (unpaired) electrons. The van der Waals surface area contributed by atoms with Crippen LogP contribution >= 0.6 is 23.2 Å². The van der Waals surface area contributed by atoms with E-state index in [1.807, 2.05) is 0 Å². The standard InChI is InChI=1S/C17H17Cl2N3O2S/c1-20-16-9-11(3-6-14(16)18)21-17(23)13-5-4-12(10-15(13)19)22-7-2-8-25(22)24/h3-6,9-10,20H,2,7-8H2,1H3,(H,21,23). The number of carbonyl (C=O) groups excluding carboxylic acids is 1. The lowest BCUT2D eigenvalue weighted by molar-refractivity contribution is 0.102. The monoisotopic (exact) mass is 397 g/mol. The van der Waals surface area contributed by atoms with Crippen LogP contribution in [-0.2, 0) is 11.0 Å². The Morgan fingerprint density at radius 2 is 1.96 bits per heavy atom. The van der Waals surface area contributed by atoms with Crippen LogP contribution in [0.15, 0.2) is 36.4 Å². The first kappa shape index (κ1) is 18.0. The van der Waals surface area contributed by atoms with Crippen molar-refractivity contribution in [2.24, 2.45) is 0 Å². The van der Waals surface area contributed by atoms with Crippen LogP contribution in [0, 0.1) is 0 Å². The highest BCUT2D eigenvalue weighted by Gasteiger charge is 2.22. The van der Waals surface area contributed by atoms with Gasteiger partial charge in [0.1, 0.15) is 11.0 Å². The molecule has 0 aliphatic carbocycles. The van der Waals surface area contributed by atoms with E-state index in [4.69, 9.17) is 23.2 Å². The molecule has 5 nitrogen and oxygen atoms in total. The summed E-state index contributed by atoms with van der Waals surface area (Å²) in [4.78, 5) is 12.5. The molecule has 2 aromatic carbocycles. The molecule has 2 aromatic rings. The summed E-state index contributed by atoms with van der Waals surface area (Å²) >= 11 is 12.3. The van der Waals surface area contributed by atoms with Crippen molar-refractivity contribution in [2.45, 2.75) is 6.42 Å². The number of rotatable bonds is 4. The van der Waals surface area contributed by atoms with Crippen molar-refractivity contribution in [1.82, 2.24) is 0 Å². The van der Waals surface area contributed by atoms with Crippen LogP contribution in [-0.4, -0.2) is 29.5 Å². The Kier molecular flexibility index (Phi) is 5.51. The van der Waals surface area contributed by atoms with Crippen molar-refractivity contribution < 1.29 is 9.00 Å². The maximum atomic E-state index is 12.5. The lowest BCUT2D eigenvalue weighted by Crippen LogP contribution is -2.20. The number of nitrogens with zero attached hydrogens (tertiary/aromatic N) is 1. The Morgan fingerprint density at radius 1 is 1.16 bits per heavy atom. The number of benzene rings is 2. The second kappa shape index (κ2) is 7.64. The van der Waals surface area contributed by atoms with E-state index in [9.17, 15) is 9.00 Å². The van der Waals surface area contributed by atoms with Crippen molar-refractivity contribution in [3.63, 3.8) is 0 Å². The van der Waals surface area contributed by atoms with Crippen LogP contribution in [0.2, 0.25) is 10.0 Å². The van der Waals surface area contributed by atoms with E-state index >= 15 is 0 Å². The highest BCUT2D eigenvalue weighted by Crippen LogP contribution is 2.29. The number of nitrogens with one attached hydrogen (secondary N) is 2. The zero-order valence-corrected chi connectivity index (χ0v) is 15.8. The molecule has 1 amide bonds. The molecule has 1 heterocycles. The van der Waals surface area contributed by atoms with E-state index in [1.165, 1.54) is 0 Å². The molecule has 1 unspecified atom stereocenters. The highest BCUT2D eigenvalue weighted by atomic mass is 35.5. The van der Waals surface area contributed by atoms with Crippen LogP contribution < -0.4 is 14.9 Å². The van der Waals surface area contributed by atoms with Gasteiger partial charge in [0.15, 0.2) is 0 Å². The third-order valence-electron chi connectivity index (χ3n) is 3.90. The summed E-state index contributed by atoms with van der Waals surface area (Å²) in [5, 5.41) is 6.65. The summed E-state index contributed by atoms with van der Waals surface area (Å²) in [6, 6.07) is 10.3. The summed E-state index contributed by atoms with van der Waals surface area (Å²) in [7, 11) is 0.735. The first-order valence-electron chi connectivity index (χ1n) is 7.74. The predicted octanol–water partition coefficient (Wildman–Crippen LogP) is 4.16. The van der Waals surface area contributed by atoms with Crippen molar-refractivity contribution >= 4 is 57.2 Å². The molecule has 1 atom stereocenters. The Labute approximate surface area is 158 Å². The topological polar surface area (TPSA) is 61.4 Å². The SMILES string of the molecule is CNc1cc(NC(=O)c2ccc(N3CCCS3=O)cc2Cl)ccc1Cl. The molecule has 132 valence electrons. The van der Waals surface area contributed by atoms with E-state index in [-0.39, 0.29) is 5.91 Å². The van der Waals surface area contributed by atoms with Crippen LogP contribution in [0.3, 0.4) is 0 Å². The number of anilines is 3. The summed E-state index contributed by atoms with van der Waals surface area (Å²) in [5.41, 5.74) is 2.45. The normalized spacial score (nSPS) is 16.8. The molecule has 1 saturated heterocycles. The van der Waals surface area contributed by atoms with E-state index < -0.39 is 11.0 Å². The fourth-order valence-electron chi connectivity index (χ4n) is 2.63. The number of amides is 1. The molecule has 0 saturated carbocycles. The zero-order valence-electron chi connectivity index (χ0n) is 13.5. The average molecular weight is 398 g/mol. The minimum Gasteiger partial charge on any atom is -0.387 e. The third-order valence-corrected chi connectivity index (χ3v) is 6.07. The maximum Gasteiger partial charge on any atom is 0.257 e. The predicted molar refractivity (Wildman–Crippen MR) is 105 cm³/mol. The van der Waals surface area contributed by atoms with Gasteiger partial charge in [0, 0.05) is 25.0 Å². The quantitative estimate of drug-likeness (QED) is 0.813. The molecular formula is C17H17Cl2N3O2S. The van der Waals surface area contributed by atoms with Gasteiger partial charge in [-0.15, -0.1) is 0 Å². The van der Waals surface area contributed by atoms with Gasteiger partial charge in [-0.25, -0.2) is 4.21 Å². The summed E-state index contributed by atoms with van der Waals surface area (Å²) in [6.45, 7) is 0.728. The molecule has 1 aliphatic heterocycles. The Hall–Kier alpha value is -1.76. The molecule has 25 heavy (non-hydrogen) atoms. The van der Waals surface area contributed by atoms with E-state index in [2.05, 4.69) is 10.6 Å². The van der Waals surface area contributed by atoms with Crippen molar-refractivity contribution in [3.8, 4) is 0 Å². The number of halogens is 2.